The normalized spacial score (nSPS) is 12.0. The summed E-state index contributed by atoms with van der Waals surface area (Å²) in [6.45, 7) is 0. The van der Waals surface area contributed by atoms with Gasteiger partial charge in [-0.1, -0.05) is 24.3 Å². The Labute approximate surface area is 307 Å². The molecule has 2 aromatic carbocycles. The number of aromatic carboxylic acids is 2. The van der Waals surface area contributed by atoms with Gasteiger partial charge in [0.25, 0.3) is 0 Å². The van der Waals surface area contributed by atoms with Gasteiger partial charge >= 0.3 is 11.9 Å². The Bertz CT molecular complexity index is 2710. The van der Waals surface area contributed by atoms with E-state index in [9.17, 15) is 19.8 Å². The van der Waals surface area contributed by atoms with Gasteiger partial charge in [-0.05, 0) is 84.0 Å². The van der Waals surface area contributed by atoms with Crippen molar-refractivity contribution in [3.63, 3.8) is 0 Å². The van der Waals surface area contributed by atoms with Crippen LogP contribution in [-0.2, 0) is 14.1 Å². The predicted octanol–water partition coefficient (Wildman–Crippen LogP) is 8.19. The molecule has 2 aliphatic rings. The SMILES string of the molecule is Cn1ccnc1-c1c2nc(c(-c3ccc(C(=O)O)cc3)c3ccc([nH]3)c(-c3nccn3C)c3nc(c(-c4ccc(C(=O)O)cc4)c4ccc1[nH]4)C=C3)C=C2. The first-order chi connectivity index (χ1) is 26.2. The Hall–Kier alpha value is -7.60. The lowest BCUT2D eigenvalue weighted by atomic mass is 10.0. The second-order valence-corrected chi connectivity index (χ2v) is 13.0. The molecule has 9 rings (SSSR count). The summed E-state index contributed by atoms with van der Waals surface area (Å²) >= 11 is 0. The first-order valence-electron chi connectivity index (χ1n) is 17.0. The molecule has 0 radical (unpaired) electrons. The molecule has 7 heterocycles. The molecule has 5 aromatic heterocycles. The van der Waals surface area contributed by atoms with Crippen LogP contribution < -0.4 is 0 Å². The van der Waals surface area contributed by atoms with E-state index in [1.54, 1.807) is 60.9 Å². The van der Waals surface area contributed by atoms with Crippen LogP contribution >= 0.6 is 0 Å². The van der Waals surface area contributed by atoms with E-state index in [4.69, 9.17) is 19.9 Å². The Balaban J connectivity index is 1.45. The summed E-state index contributed by atoms with van der Waals surface area (Å²) < 4.78 is 3.87. The van der Waals surface area contributed by atoms with Crippen LogP contribution in [-0.4, -0.2) is 61.2 Å². The molecule has 2 aliphatic heterocycles. The first-order valence-corrected chi connectivity index (χ1v) is 17.0. The summed E-state index contributed by atoms with van der Waals surface area (Å²) in [5.74, 6) is -0.625. The van der Waals surface area contributed by atoms with Gasteiger partial charge in [0.2, 0.25) is 0 Å². The molecule has 0 saturated carbocycles. The highest BCUT2D eigenvalue weighted by Gasteiger charge is 2.21. The topological polar surface area (TPSA) is 168 Å². The van der Waals surface area contributed by atoms with Gasteiger partial charge in [-0.3, -0.25) is 0 Å². The van der Waals surface area contributed by atoms with Crippen molar-refractivity contribution in [3.8, 4) is 45.0 Å². The molecule has 0 unspecified atom stereocenters. The van der Waals surface area contributed by atoms with Crippen molar-refractivity contribution in [1.82, 2.24) is 39.0 Å². The summed E-state index contributed by atoms with van der Waals surface area (Å²) in [5.41, 5.74) is 10.7. The van der Waals surface area contributed by atoms with E-state index in [1.165, 1.54) is 0 Å². The van der Waals surface area contributed by atoms with Crippen LogP contribution in [0.3, 0.4) is 0 Å². The van der Waals surface area contributed by atoms with E-state index in [2.05, 4.69) is 9.97 Å². The number of aryl methyl sites for hydroxylation is 2. The lowest BCUT2D eigenvalue weighted by Crippen LogP contribution is -1.96. The molecule has 262 valence electrons. The average Bonchev–Trinajstić information content (AvgIpc) is 4.02. The number of carboxylic acids is 2. The number of nitrogens with one attached hydrogen (secondary N) is 2. The number of carbonyl (C=O) groups is 2. The van der Waals surface area contributed by atoms with Crippen LogP contribution in [0.4, 0.5) is 0 Å². The fraction of sp³-hybridized carbons (Fsp3) is 0.0476. The highest BCUT2D eigenvalue weighted by atomic mass is 16.4. The maximum Gasteiger partial charge on any atom is 0.335 e. The Morgan fingerprint density at radius 1 is 0.500 bits per heavy atom. The monoisotopic (exact) mass is 710 g/mol. The minimum Gasteiger partial charge on any atom is -0.478 e. The zero-order valence-corrected chi connectivity index (χ0v) is 28.9. The molecule has 8 bridgehead atoms. The average molecular weight is 711 g/mol. The fourth-order valence-corrected chi connectivity index (χ4v) is 7.06. The number of carboxylic acid groups (broad SMARTS) is 2. The molecular formula is C42H30N8O4. The molecule has 0 saturated heterocycles. The molecule has 4 N–H and O–H groups in total. The van der Waals surface area contributed by atoms with Crippen molar-refractivity contribution in [2.75, 3.05) is 0 Å². The van der Waals surface area contributed by atoms with Gasteiger partial charge in [-0.25, -0.2) is 29.5 Å². The van der Waals surface area contributed by atoms with Gasteiger partial charge in [-0.15, -0.1) is 0 Å². The summed E-state index contributed by atoms with van der Waals surface area (Å²) in [5, 5.41) is 19.3. The summed E-state index contributed by atoms with van der Waals surface area (Å²) in [6.07, 6.45) is 15.1. The summed E-state index contributed by atoms with van der Waals surface area (Å²) in [4.78, 5) is 50.7. The first kappa shape index (κ1) is 32.3. The third kappa shape index (κ3) is 5.40. The second kappa shape index (κ2) is 12.6. The number of benzene rings is 2. The summed E-state index contributed by atoms with van der Waals surface area (Å²) in [7, 11) is 3.85. The molecule has 12 heteroatoms. The second-order valence-electron chi connectivity index (χ2n) is 13.0. The van der Waals surface area contributed by atoms with Gasteiger partial charge in [0, 0.05) is 61.0 Å². The summed E-state index contributed by atoms with van der Waals surface area (Å²) in [6, 6.07) is 21.5. The van der Waals surface area contributed by atoms with Gasteiger partial charge in [-0.2, -0.15) is 0 Å². The number of aromatic nitrogens is 8. The van der Waals surface area contributed by atoms with E-state index in [1.807, 2.05) is 84.2 Å². The minimum atomic E-state index is -1.01. The number of hydrogen-bond acceptors (Lipinski definition) is 6. The van der Waals surface area contributed by atoms with E-state index >= 15 is 0 Å². The molecule has 0 spiro atoms. The maximum absolute atomic E-state index is 11.8. The van der Waals surface area contributed by atoms with Gasteiger partial charge in [0.15, 0.2) is 0 Å². The van der Waals surface area contributed by atoms with Crippen LogP contribution in [0, 0.1) is 0 Å². The zero-order chi connectivity index (χ0) is 37.1. The Morgan fingerprint density at radius 2 is 0.833 bits per heavy atom. The van der Waals surface area contributed by atoms with Crippen molar-refractivity contribution in [2.45, 2.75) is 0 Å². The van der Waals surface area contributed by atoms with Crippen molar-refractivity contribution in [3.05, 3.63) is 131 Å². The van der Waals surface area contributed by atoms with E-state index < -0.39 is 11.9 Å². The third-order valence-electron chi connectivity index (χ3n) is 9.68. The van der Waals surface area contributed by atoms with Crippen molar-refractivity contribution >= 4 is 58.3 Å². The molecule has 0 fully saturated rings. The number of nitrogens with zero attached hydrogens (tertiary/aromatic N) is 6. The number of hydrogen-bond donors (Lipinski definition) is 4. The maximum atomic E-state index is 11.8. The van der Waals surface area contributed by atoms with Crippen LogP contribution in [0.1, 0.15) is 43.5 Å². The zero-order valence-electron chi connectivity index (χ0n) is 28.9. The number of H-pyrrole nitrogens is 2. The molecule has 0 aliphatic carbocycles. The largest absolute Gasteiger partial charge is 0.478 e. The van der Waals surface area contributed by atoms with Gasteiger partial charge in [0.05, 0.1) is 56.1 Å². The van der Waals surface area contributed by atoms with E-state index in [0.29, 0.717) is 34.4 Å². The number of rotatable bonds is 6. The van der Waals surface area contributed by atoms with Crippen molar-refractivity contribution < 1.29 is 19.8 Å². The fourth-order valence-electron chi connectivity index (χ4n) is 7.06. The lowest BCUT2D eigenvalue weighted by molar-refractivity contribution is 0.0686. The third-order valence-corrected chi connectivity index (χ3v) is 9.68. The molecule has 0 amide bonds. The molecular weight excluding hydrogens is 681 g/mol. The van der Waals surface area contributed by atoms with Crippen LogP contribution in [0.5, 0.6) is 0 Å². The Morgan fingerprint density at radius 3 is 1.15 bits per heavy atom. The highest BCUT2D eigenvalue weighted by molar-refractivity contribution is 5.99. The molecule has 7 aromatic rings. The highest BCUT2D eigenvalue weighted by Crippen LogP contribution is 2.38. The van der Waals surface area contributed by atoms with Gasteiger partial charge in [0.1, 0.15) is 11.6 Å². The minimum absolute atomic E-state index is 0.182. The van der Waals surface area contributed by atoms with Crippen LogP contribution in [0.15, 0.2) is 97.6 Å². The number of aromatic amines is 2. The Kier molecular flexibility index (Phi) is 7.52. The van der Waals surface area contributed by atoms with Crippen molar-refractivity contribution in [2.24, 2.45) is 14.1 Å². The number of imidazole rings is 2. The predicted molar refractivity (Wildman–Crippen MR) is 208 cm³/mol. The quantitative estimate of drug-likeness (QED) is 0.134. The van der Waals surface area contributed by atoms with Crippen molar-refractivity contribution in [1.29, 1.82) is 0 Å². The van der Waals surface area contributed by atoms with Crippen LogP contribution in [0.25, 0.3) is 91.4 Å². The number of fused-ring (bicyclic) bond motifs is 8. The molecule has 12 nitrogen and oxygen atoms in total. The van der Waals surface area contributed by atoms with E-state index in [-0.39, 0.29) is 11.1 Å². The van der Waals surface area contributed by atoms with E-state index in [0.717, 1.165) is 55.4 Å². The standard InChI is InChI=1S/C42H30N8O4/c1-49-21-19-43-39(49)37-31-15-11-27(45-31)35(23-3-7-25(8-4-23)41(51)52)29-13-17-33(47-29)38(40-44-20-22-50(40)2)34-18-14-30(48-34)36(28-12-16-32(37)46-28)24-5-9-26(10-6-24)42(53)54/h3-22,45,48H,1-2H3,(H,51,52)(H,53,54). The lowest BCUT2D eigenvalue weighted by Gasteiger charge is -2.07. The van der Waals surface area contributed by atoms with Crippen LogP contribution in [0.2, 0.25) is 0 Å². The molecule has 54 heavy (non-hydrogen) atoms. The smallest absolute Gasteiger partial charge is 0.335 e. The van der Waals surface area contributed by atoms with Gasteiger partial charge < -0.3 is 29.3 Å². The molecule has 0 atom stereocenters.